The van der Waals surface area contributed by atoms with Crippen molar-refractivity contribution in [3.05, 3.63) is 0 Å². The van der Waals surface area contributed by atoms with Gasteiger partial charge in [-0.3, -0.25) is 0 Å². The average molecular weight is 242 g/mol. The van der Waals surface area contributed by atoms with Crippen LogP contribution in [-0.4, -0.2) is 48.8 Å². The molecule has 0 aromatic rings. The molecule has 0 aliphatic carbocycles. The maximum absolute atomic E-state index is 8.98. The van der Waals surface area contributed by atoms with Crippen LogP contribution in [0.15, 0.2) is 0 Å². The Balaban J connectivity index is 2.38. The molecule has 1 aliphatic rings. The SMILES string of the molecule is CCNC(C)C(C)(C)CN1CCC(CCO)C1. The molecular formula is C14H30N2O. The molecule has 0 amide bonds. The van der Waals surface area contributed by atoms with E-state index in [-0.39, 0.29) is 0 Å². The Bertz CT molecular complexity index is 218. The first-order valence-corrected chi connectivity index (χ1v) is 7.06. The lowest BCUT2D eigenvalue weighted by molar-refractivity contribution is 0.159. The van der Waals surface area contributed by atoms with Crippen LogP contribution in [0, 0.1) is 11.3 Å². The third-order valence-corrected chi connectivity index (χ3v) is 4.22. The number of rotatable bonds is 7. The minimum atomic E-state index is 0.310. The summed E-state index contributed by atoms with van der Waals surface area (Å²) in [7, 11) is 0. The maximum Gasteiger partial charge on any atom is 0.0434 e. The highest BCUT2D eigenvalue weighted by Crippen LogP contribution is 2.27. The summed E-state index contributed by atoms with van der Waals surface area (Å²) in [6, 6.07) is 0.546. The molecule has 2 unspecified atom stereocenters. The van der Waals surface area contributed by atoms with Crippen molar-refractivity contribution in [2.24, 2.45) is 11.3 Å². The molecule has 17 heavy (non-hydrogen) atoms. The fourth-order valence-electron chi connectivity index (χ4n) is 2.77. The fraction of sp³-hybridized carbons (Fsp3) is 1.00. The lowest BCUT2D eigenvalue weighted by Crippen LogP contribution is -2.46. The monoisotopic (exact) mass is 242 g/mol. The zero-order valence-corrected chi connectivity index (χ0v) is 12.0. The van der Waals surface area contributed by atoms with E-state index in [9.17, 15) is 0 Å². The zero-order chi connectivity index (χ0) is 12.9. The third kappa shape index (κ3) is 4.57. The molecule has 1 rings (SSSR count). The second-order valence-corrected chi connectivity index (χ2v) is 6.17. The third-order valence-electron chi connectivity index (χ3n) is 4.22. The van der Waals surface area contributed by atoms with Crippen molar-refractivity contribution in [1.82, 2.24) is 10.2 Å². The Kier molecular flexibility index (Phi) is 5.90. The van der Waals surface area contributed by atoms with Gasteiger partial charge in [-0.2, -0.15) is 0 Å². The standard InChI is InChI=1S/C14H30N2O/c1-5-15-12(2)14(3,4)11-16-8-6-13(10-16)7-9-17/h12-13,15,17H,5-11H2,1-4H3. The van der Waals surface area contributed by atoms with Crippen molar-refractivity contribution >= 4 is 0 Å². The minimum Gasteiger partial charge on any atom is -0.396 e. The van der Waals surface area contributed by atoms with Crippen molar-refractivity contribution in [2.75, 3.05) is 32.8 Å². The summed E-state index contributed by atoms with van der Waals surface area (Å²) in [5.41, 5.74) is 0.310. The maximum atomic E-state index is 8.98. The Morgan fingerprint density at radius 1 is 1.47 bits per heavy atom. The van der Waals surface area contributed by atoms with Crippen LogP contribution in [-0.2, 0) is 0 Å². The van der Waals surface area contributed by atoms with Gasteiger partial charge in [0.2, 0.25) is 0 Å². The summed E-state index contributed by atoms with van der Waals surface area (Å²) in [6.07, 6.45) is 2.23. The van der Waals surface area contributed by atoms with Gasteiger partial charge in [-0.05, 0) is 44.2 Å². The van der Waals surface area contributed by atoms with Gasteiger partial charge >= 0.3 is 0 Å². The number of likely N-dealkylation sites (tertiary alicyclic amines) is 1. The van der Waals surface area contributed by atoms with Crippen LogP contribution in [0.1, 0.15) is 40.5 Å². The van der Waals surface area contributed by atoms with E-state index in [0.29, 0.717) is 24.0 Å². The van der Waals surface area contributed by atoms with Crippen LogP contribution in [0.3, 0.4) is 0 Å². The van der Waals surface area contributed by atoms with Crippen LogP contribution < -0.4 is 5.32 Å². The van der Waals surface area contributed by atoms with Crippen LogP contribution in [0.25, 0.3) is 0 Å². The van der Waals surface area contributed by atoms with Gasteiger partial charge in [0.1, 0.15) is 0 Å². The predicted molar refractivity (Wildman–Crippen MR) is 73.2 cm³/mol. The molecule has 0 aromatic heterocycles. The Morgan fingerprint density at radius 3 is 2.76 bits per heavy atom. The summed E-state index contributed by atoms with van der Waals surface area (Å²) < 4.78 is 0. The Labute approximate surface area is 107 Å². The smallest absolute Gasteiger partial charge is 0.0434 e. The molecule has 2 N–H and O–H groups in total. The van der Waals surface area contributed by atoms with E-state index in [1.165, 1.54) is 19.5 Å². The normalized spacial score (nSPS) is 24.2. The molecule has 3 nitrogen and oxygen atoms in total. The summed E-state index contributed by atoms with van der Waals surface area (Å²) in [4.78, 5) is 2.56. The van der Waals surface area contributed by atoms with Crippen molar-refractivity contribution in [3.63, 3.8) is 0 Å². The first-order valence-electron chi connectivity index (χ1n) is 7.06. The Morgan fingerprint density at radius 2 is 2.18 bits per heavy atom. The Hall–Kier alpha value is -0.120. The second kappa shape index (κ2) is 6.72. The van der Waals surface area contributed by atoms with Crippen LogP contribution >= 0.6 is 0 Å². The van der Waals surface area contributed by atoms with Crippen molar-refractivity contribution in [3.8, 4) is 0 Å². The molecule has 1 fully saturated rings. The fourth-order valence-corrected chi connectivity index (χ4v) is 2.77. The molecule has 0 aromatic carbocycles. The van der Waals surface area contributed by atoms with E-state index in [4.69, 9.17) is 5.11 Å². The first kappa shape index (κ1) is 14.9. The van der Waals surface area contributed by atoms with Crippen LogP contribution in [0.5, 0.6) is 0 Å². The molecule has 2 atom stereocenters. The molecule has 0 spiro atoms. The molecule has 1 saturated heterocycles. The molecular weight excluding hydrogens is 212 g/mol. The van der Waals surface area contributed by atoms with Crippen molar-refractivity contribution in [1.29, 1.82) is 0 Å². The van der Waals surface area contributed by atoms with Gasteiger partial charge in [-0.15, -0.1) is 0 Å². The minimum absolute atomic E-state index is 0.310. The molecule has 102 valence electrons. The van der Waals surface area contributed by atoms with E-state index in [1.807, 2.05) is 0 Å². The van der Waals surface area contributed by atoms with Gasteiger partial charge in [-0.1, -0.05) is 20.8 Å². The summed E-state index contributed by atoms with van der Waals surface area (Å²) in [5, 5.41) is 12.5. The number of aliphatic hydroxyl groups excluding tert-OH is 1. The van der Waals surface area contributed by atoms with Gasteiger partial charge < -0.3 is 15.3 Å². The van der Waals surface area contributed by atoms with E-state index < -0.39 is 0 Å². The number of hydrogen-bond donors (Lipinski definition) is 2. The lowest BCUT2D eigenvalue weighted by Gasteiger charge is -2.36. The quantitative estimate of drug-likeness (QED) is 0.713. The molecule has 0 radical (unpaired) electrons. The highest BCUT2D eigenvalue weighted by atomic mass is 16.3. The summed E-state index contributed by atoms with van der Waals surface area (Å²) in [5.74, 6) is 0.713. The topological polar surface area (TPSA) is 35.5 Å². The average Bonchev–Trinajstić information content (AvgIpc) is 2.66. The summed E-state index contributed by atoms with van der Waals surface area (Å²) in [6.45, 7) is 14.1. The van der Waals surface area contributed by atoms with Crippen LogP contribution in [0.4, 0.5) is 0 Å². The van der Waals surface area contributed by atoms with E-state index in [2.05, 4.69) is 37.9 Å². The number of hydrogen-bond acceptors (Lipinski definition) is 3. The van der Waals surface area contributed by atoms with E-state index in [1.54, 1.807) is 0 Å². The van der Waals surface area contributed by atoms with Crippen molar-refractivity contribution < 1.29 is 5.11 Å². The second-order valence-electron chi connectivity index (χ2n) is 6.17. The zero-order valence-electron chi connectivity index (χ0n) is 12.0. The van der Waals surface area contributed by atoms with Gasteiger partial charge in [-0.25, -0.2) is 0 Å². The van der Waals surface area contributed by atoms with Crippen molar-refractivity contribution in [2.45, 2.75) is 46.6 Å². The van der Waals surface area contributed by atoms with E-state index >= 15 is 0 Å². The molecule has 1 aliphatic heterocycles. The molecule has 0 bridgehead atoms. The first-order chi connectivity index (χ1) is 7.99. The number of nitrogens with zero attached hydrogens (tertiary/aromatic N) is 1. The highest BCUT2D eigenvalue weighted by molar-refractivity contribution is 4.86. The van der Waals surface area contributed by atoms with Gasteiger partial charge in [0.25, 0.3) is 0 Å². The molecule has 3 heteroatoms. The lowest BCUT2D eigenvalue weighted by atomic mass is 9.84. The largest absolute Gasteiger partial charge is 0.396 e. The summed E-state index contributed by atoms with van der Waals surface area (Å²) >= 11 is 0. The van der Waals surface area contributed by atoms with E-state index in [0.717, 1.165) is 19.5 Å². The van der Waals surface area contributed by atoms with Crippen LogP contribution in [0.2, 0.25) is 0 Å². The molecule has 0 saturated carbocycles. The predicted octanol–water partition coefficient (Wildman–Crippen LogP) is 1.71. The number of aliphatic hydroxyl groups is 1. The number of nitrogens with one attached hydrogen (secondary N) is 1. The van der Waals surface area contributed by atoms with Gasteiger partial charge in [0, 0.05) is 25.7 Å². The van der Waals surface area contributed by atoms with Gasteiger partial charge in [0.15, 0.2) is 0 Å². The van der Waals surface area contributed by atoms with Gasteiger partial charge in [0.05, 0.1) is 0 Å². The highest BCUT2D eigenvalue weighted by Gasteiger charge is 2.31. The molecule has 1 heterocycles.